The molecule has 0 aliphatic heterocycles. The highest BCUT2D eigenvalue weighted by Gasteiger charge is 2.21. The smallest absolute Gasteiger partial charge is 0.205 e. The maximum Gasteiger partial charge on any atom is 0.205 e. The fourth-order valence-corrected chi connectivity index (χ4v) is 2.48. The summed E-state index contributed by atoms with van der Waals surface area (Å²) in [7, 11) is 0. The molecule has 3 nitrogen and oxygen atoms in total. The molecule has 0 saturated heterocycles. The Morgan fingerprint density at radius 1 is 1.38 bits per heavy atom. The molecule has 16 heavy (non-hydrogen) atoms. The van der Waals surface area contributed by atoms with E-state index in [1.807, 2.05) is 0 Å². The summed E-state index contributed by atoms with van der Waals surface area (Å²) < 4.78 is 4.44. The van der Waals surface area contributed by atoms with Gasteiger partial charge in [0.1, 0.15) is 5.82 Å². The Bertz CT molecular complexity index is 319. The van der Waals surface area contributed by atoms with Crippen molar-refractivity contribution in [3.63, 3.8) is 0 Å². The van der Waals surface area contributed by atoms with Crippen LogP contribution in [0.4, 0.5) is 5.13 Å². The molecule has 0 atom stereocenters. The lowest BCUT2D eigenvalue weighted by molar-refractivity contribution is 0.554. The van der Waals surface area contributed by atoms with Gasteiger partial charge in [0, 0.05) is 35.4 Å². The number of alkyl halides is 1. The van der Waals surface area contributed by atoms with Gasteiger partial charge in [-0.2, -0.15) is 4.37 Å². The molecule has 0 N–H and O–H groups in total. The fourth-order valence-electron chi connectivity index (χ4n) is 1.29. The zero-order valence-corrected chi connectivity index (χ0v) is 12.9. The Labute approximate surface area is 111 Å². The number of hydrogen-bond acceptors (Lipinski definition) is 4. The highest BCUT2D eigenvalue weighted by molar-refractivity contribution is 9.09. The molecule has 0 radical (unpaired) electrons. The van der Waals surface area contributed by atoms with Gasteiger partial charge in [0.05, 0.1) is 0 Å². The molecule has 5 heteroatoms. The number of aromatic nitrogens is 2. The Balaban J connectivity index is 2.75. The summed E-state index contributed by atoms with van der Waals surface area (Å²) in [6.45, 7) is 10.6. The number of rotatable bonds is 5. The van der Waals surface area contributed by atoms with Gasteiger partial charge in [-0.25, -0.2) is 4.98 Å². The summed E-state index contributed by atoms with van der Waals surface area (Å²) in [4.78, 5) is 6.91. The van der Waals surface area contributed by atoms with Crippen LogP contribution in [0.5, 0.6) is 0 Å². The van der Waals surface area contributed by atoms with Crippen LogP contribution in [-0.2, 0) is 5.41 Å². The first kappa shape index (κ1) is 13.9. The zero-order valence-electron chi connectivity index (χ0n) is 10.5. The van der Waals surface area contributed by atoms with Crippen molar-refractivity contribution in [3.05, 3.63) is 5.82 Å². The van der Waals surface area contributed by atoms with E-state index in [2.05, 4.69) is 57.9 Å². The second-order valence-corrected chi connectivity index (χ2v) is 6.30. The van der Waals surface area contributed by atoms with Crippen molar-refractivity contribution in [3.8, 4) is 0 Å². The first-order valence-electron chi connectivity index (χ1n) is 5.64. The molecule has 1 rings (SSSR count). The maximum absolute atomic E-state index is 4.62. The molecule has 1 aromatic rings. The van der Waals surface area contributed by atoms with Gasteiger partial charge < -0.3 is 4.90 Å². The largest absolute Gasteiger partial charge is 0.347 e. The number of anilines is 1. The summed E-state index contributed by atoms with van der Waals surface area (Å²) >= 11 is 4.97. The standard InChI is InChI=1S/C11H20BrN3S/c1-5-15(8-6-7-12)10-13-9(14-16-10)11(2,3)4/h5-8H2,1-4H3. The summed E-state index contributed by atoms with van der Waals surface area (Å²) in [6, 6.07) is 0. The molecule has 0 aliphatic carbocycles. The van der Waals surface area contributed by atoms with Crippen molar-refractivity contribution in [2.45, 2.75) is 39.5 Å². The Kier molecular flexibility index (Phi) is 5.18. The summed E-state index contributed by atoms with van der Waals surface area (Å²) in [6.07, 6.45) is 1.14. The van der Waals surface area contributed by atoms with Gasteiger partial charge in [0.2, 0.25) is 5.13 Å². The third-order valence-electron chi connectivity index (χ3n) is 2.30. The number of hydrogen-bond donors (Lipinski definition) is 0. The van der Waals surface area contributed by atoms with Gasteiger partial charge in [-0.05, 0) is 13.3 Å². The lowest BCUT2D eigenvalue weighted by Gasteiger charge is -2.18. The second-order valence-electron chi connectivity index (χ2n) is 4.77. The van der Waals surface area contributed by atoms with E-state index in [9.17, 15) is 0 Å². The van der Waals surface area contributed by atoms with Crippen LogP contribution in [0.1, 0.15) is 39.9 Å². The minimum Gasteiger partial charge on any atom is -0.347 e. The molecule has 0 aliphatic rings. The van der Waals surface area contributed by atoms with Crippen LogP contribution >= 0.6 is 27.5 Å². The monoisotopic (exact) mass is 305 g/mol. The fraction of sp³-hybridized carbons (Fsp3) is 0.818. The predicted octanol–water partition coefficient (Wildman–Crippen LogP) is 3.45. The summed E-state index contributed by atoms with van der Waals surface area (Å²) in [5, 5.41) is 2.09. The quantitative estimate of drug-likeness (QED) is 0.780. The molecule has 0 aromatic carbocycles. The van der Waals surface area contributed by atoms with Gasteiger partial charge >= 0.3 is 0 Å². The minimum absolute atomic E-state index is 0.0452. The van der Waals surface area contributed by atoms with Crippen LogP contribution in [0.25, 0.3) is 0 Å². The number of nitrogens with zero attached hydrogens (tertiary/aromatic N) is 3. The van der Waals surface area contributed by atoms with Gasteiger partial charge in [-0.15, -0.1) is 0 Å². The maximum atomic E-state index is 4.62. The van der Waals surface area contributed by atoms with E-state index in [1.165, 1.54) is 11.5 Å². The van der Waals surface area contributed by atoms with Gasteiger partial charge in [-0.3, -0.25) is 0 Å². The third kappa shape index (κ3) is 3.70. The van der Waals surface area contributed by atoms with Crippen molar-refractivity contribution in [2.24, 2.45) is 0 Å². The minimum atomic E-state index is 0.0452. The molecule has 0 bridgehead atoms. The van der Waals surface area contributed by atoms with Crippen molar-refractivity contribution < 1.29 is 0 Å². The lowest BCUT2D eigenvalue weighted by atomic mass is 9.96. The van der Waals surface area contributed by atoms with Gasteiger partial charge in [0.15, 0.2) is 0 Å². The molecular formula is C11H20BrN3S. The average Bonchev–Trinajstić information content (AvgIpc) is 2.68. The zero-order chi connectivity index (χ0) is 12.2. The third-order valence-corrected chi connectivity index (χ3v) is 3.64. The molecule has 0 spiro atoms. The lowest BCUT2D eigenvalue weighted by Crippen LogP contribution is -2.24. The first-order chi connectivity index (χ1) is 7.49. The Hall–Kier alpha value is -0.160. The molecule has 0 unspecified atom stereocenters. The van der Waals surface area contributed by atoms with E-state index in [0.29, 0.717) is 0 Å². The molecule has 1 aromatic heterocycles. The molecule has 0 saturated carbocycles. The van der Waals surface area contributed by atoms with Crippen LogP contribution in [-0.4, -0.2) is 27.8 Å². The van der Waals surface area contributed by atoms with Crippen molar-refractivity contribution in [1.29, 1.82) is 0 Å². The molecule has 0 fully saturated rings. The van der Waals surface area contributed by atoms with E-state index in [1.54, 1.807) is 0 Å². The topological polar surface area (TPSA) is 29.0 Å². The Morgan fingerprint density at radius 2 is 2.06 bits per heavy atom. The average molecular weight is 306 g/mol. The van der Waals surface area contributed by atoms with E-state index in [-0.39, 0.29) is 5.41 Å². The van der Waals surface area contributed by atoms with Crippen molar-refractivity contribution in [1.82, 2.24) is 9.36 Å². The molecule has 1 heterocycles. The molecule has 92 valence electrons. The van der Waals surface area contributed by atoms with Crippen LogP contribution in [0.3, 0.4) is 0 Å². The highest BCUT2D eigenvalue weighted by Crippen LogP contribution is 2.25. The van der Waals surface area contributed by atoms with Crippen LogP contribution < -0.4 is 4.90 Å². The normalized spacial score (nSPS) is 11.8. The SMILES string of the molecule is CCN(CCCBr)c1nc(C(C)(C)C)ns1. The van der Waals surface area contributed by atoms with Gasteiger partial charge in [-0.1, -0.05) is 36.7 Å². The predicted molar refractivity (Wildman–Crippen MR) is 74.9 cm³/mol. The van der Waals surface area contributed by atoms with Crippen molar-refractivity contribution in [2.75, 3.05) is 23.3 Å². The van der Waals surface area contributed by atoms with Crippen molar-refractivity contribution >= 4 is 32.6 Å². The van der Waals surface area contributed by atoms with E-state index in [4.69, 9.17) is 0 Å². The van der Waals surface area contributed by atoms with E-state index < -0.39 is 0 Å². The van der Waals surface area contributed by atoms with E-state index >= 15 is 0 Å². The second kappa shape index (κ2) is 5.96. The highest BCUT2D eigenvalue weighted by atomic mass is 79.9. The van der Waals surface area contributed by atoms with Crippen LogP contribution in [0.15, 0.2) is 0 Å². The number of halogens is 1. The molecule has 0 amide bonds. The van der Waals surface area contributed by atoms with Crippen LogP contribution in [0.2, 0.25) is 0 Å². The van der Waals surface area contributed by atoms with Crippen LogP contribution in [0, 0.1) is 0 Å². The molecular weight excluding hydrogens is 286 g/mol. The first-order valence-corrected chi connectivity index (χ1v) is 7.53. The van der Waals surface area contributed by atoms with Gasteiger partial charge in [0.25, 0.3) is 0 Å². The van der Waals surface area contributed by atoms with E-state index in [0.717, 1.165) is 35.8 Å². The summed E-state index contributed by atoms with van der Waals surface area (Å²) in [5.41, 5.74) is 0.0452. The Morgan fingerprint density at radius 3 is 2.50 bits per heavy atom. The summed E-state index contributed by atoms with van der Waals surface area (Å²) in [5.74, 6) is 0.949.